The minimum absolute atomic E-state index is 0.119. The number of thiazole rings is 1. The molecule has 9 heteroatoms. The molecule has 31 heavy (non-hydrogen) atoms. The summed E-state index contributed by atoms with van der Waals surface area (Å²) >= 11 is 4.62. The molecule has 0 aliphatic heterocycles. The molecule has 2 aromatic carbocycles. The Bertz CT molecular complexity index is 1310. The maximum Gasteiger partial charge on any atom is 0.260 e. The van der Waals surface area contributed by atoms with Crippen LogP contribution in [0.4, 0.5) is 5.13 Å². The van der Waals surface area contributed by atoms with Crippen LogP contribution in [-0.4, -0.2) is 38.4 Å². The van der Waals surface area contributed by atoms with Crippen LogP contribution < -0.4 is 4.90 Å². The minimum atomic E-state index is -3.31. The molecule has 4 rings (SSSR count). The number of thioether (sulfide) groups is 1. The van der Waals surface area contributed by atoms with Crippen LogP contribution in [-0.2, 0) is 16.3 Å². The summed E-state index contributed by atoms with van der Waals surface area (Å²) in [7, 11) is -3.31. The summed E-state index contributed by atoms with van der Waals surface area (Å²) in [4.78, 5) is 22.3. The van der Waals surface area contributed by atoms with Crippen LogP contribution in [0.25, 0.3) is 10.2 Å². The van der Waals surface area contributed by atoms with Crippen molar-refractivity contribution in [2.24, 2.45) is 0 Å². The van der Waals surface area contributed by atoms with Crippen LogP contribution in [0.2, 0.25) is 0 Å². The lowest BCUT2D eigenvalue weighted by Crippen LogP contribution is -2.32. The van der Waals surface area contributed by atoms with Gasteiger partial charge in [0.2, 0.25) is 0 Å². The maximum absolute atomic E-state index is 13.4. The number of hydrogen-bond donors (Lipinski definition) is 0. The van der Waals surface area contributed by atoms with Gasteiger partial charge in [-0.15, -0.1) is 23.1 Å². The Morgan fingerprint density at radius 2 is 1.90 bits per heavy atom. The van der Waals surface area contributed by atoms with Crippen molar-refractivity contribution in [3.05, 3.63) is 70.4 Å². The number of carbonyl (C=O) groups is 1. The highest BCUT2D eigenvalue weighted by atomic mass is 32.2. The lowest BCUT2D eigenvalue weighted by atomic mass is 10.2. The summed E-state index contributed by atoms with van der Waals surface area (Å²) in [6, 6.07) is 16.5. The Hall–Kier alpha value is -2.20. The van der Waals surface area contributed by atoms with Crippen molar-refractivity contribution < 1.29 is 13.2 Å². The van der Waals surface area contributed by atoms with Crippen molar-refractivity contribution in [3.63, 3.8) is 0 Å². The predicted octanol–water partition coefficient (Wildman–Crippen LogP) is 5.37. The van der Waals surface area contributed by atoms with Gasteiger partial charge in [-0.25, -0.2) is 13.4 Å². The first-order valence-electron chi connectivity index (χ1n) is 9.44. The summed E-state index contributed by atoms with van der Waals surface area (Å²) < 4.78 is 24.6. The number of fused-ring (bicyclic) bond motifs is 1. The van der Waals surface area contributed by atoms with Crippen LogP contribution in [0.1, 0.15) is 15.2 Å². The van der Waals surface area contributed by atoms with E-state index in [0.29, 0.717) is 22.8 Å². The summed E-state index contributed by atoms with van der Waals surface area (Å²) in [5.41, 5.74) is 1.28. The van der Waals surface area contributed by atoms with E-state index in [4.69, 9.17) is 0 Å². The molecular weight excluding hydrogens is 469 g/mol. The smallest absolute Gasteiger partial charge is 0.260 e. The van der Waals surface area contributed by atoms with Crippen LogP contribution in [0.5, 0.6) is 0 Å². The molecular formula is C22H20N2O3S4. The fourth-order valence-corrected chi connectivity index (χ4v) is 5.95. The molecule has 0 radical (unpaired) electrons. The highest BCUT2D eigenvalue weighted by Gasteiger charge is 2.22. The SMILES string of the molecule is CSc1ccc(C(=O)N(CCc2cccs2)c2nc3ccc(S(C)(=O)=O)cc3s2)cc1. The molecule has 0 aliphatic carbocycles. The molecule has 5 nitrogen and oxygen atoms in total. The van der Waals surface area contributed by atoms with E-state index < -0.39 is 9.84 Å². The van der Waals surface area contributed by atoms with E-state index in [1.807, 2.05) is 42.0 Å². The van der Waals surface area contributed by atoms with Gasteiger partial charge >= 0.3 is 0 Å². The Morgan fingerprint density at radius 1 is 1.13 bits per heavy atom. The van der Waals surface area contributed by atoms with Crippen molar-refractivity contribution in [1.29, 1.82) is 0 Å². The fraction of sp³-hybridized carbons (Fsp3) is 0.182. The molecule has 0 aliphatic rings. The van der Waals surface area contributed by atoms with Gasteiger partial charge in [0.1, 0.15) is 0 Å². The molecule has 0 saturated heterocycles. The molecule has 0 spiro atoms. The average Bonchev–Trinajstić information content (AvgIpc) is 3.42. The van der Waals surface area contributed by atoms with Gasteiger partial charge in [-0.3, -0.25) is 9.69 Å². The molecule has 0 N–H and O–H groups in total. The molecule has 0 saturated carbocycles. The topological polar surface area (TPSA) is 67.3 Å². The molecule has 0 bridgehead atoms. The van der Waals surface area contributed by atoms with Crippen LogP contribution in [0, 0.1) is 0 Å². The number of aromatic nitrogens is 1. The standard InChI is InChI=1S/C22H20N2O3S4/c1-28-16-7-5-15(6-8-16)21(25)24(12-11-17-4-3-13-29-17)22-23-19-10-9-18(31(2,26)27)14-20(19)30-22/h3-10,13-14H,11-12H2,1-2H3. The Labute approximate surface area is 193 Å². The van der Waals surface area contributed by atoms with E-state index >= 15 is 0 Å². The second-order valence-corrected chi connectivity index (χ2v) is 11.8. The average molecular weight is 489 g/mol. The van der Waals surface area contributed by atoms with E-state index in [1.165, 1.54) is 22.5 Å². The number of rotatable bonds is 7. The number of nitrogens with zero attached hydrogens (tertiary/aromatic N) is 2. The third-order valence-electron chi connectivity index (χ3n) is 4.75. The second kappa shape index (κ2) is 9.12. The number of anilines is 1. The summed E-state index contributed by atoms with van der Waals surface area (Å²) in [6.45, 7) is 0.488. The monoisotopic (exact) mass is 488 g/mol. The van der Waals surface area contributed by atoms with Gasteiger partial charge in [0.05, 0.1) is 15.1 Å². The fourth-order valence-electron chi connectivity index (χ4n) is 3.09. The van der Waals surface area contributed by atoms with Gasteiger partial charge in [0.25, 0.3) is 5.91 Å². The maximum atomic E-state index is 13.4. The van der Waals surface area contributed by atoms with Gasteiger partial charge in [-0.05, 0) is 66.6 Å². The second-order valence-electron chi connectivity index (χ2n) is 6.91. The van der Waals surface area contributed by atoms with Gasteiger partial charge in [0, 0.05) is 28.1 Å². The number of hydrogen-bond acceptors (Lipinski definition) is 7. The van der Waals surface area contributed by atoms with Gasteiger partial charge in [0.15, 0.2) is 15.0 Å². The van der Waals surface area contributed by atoms with Crippen molar-refractivity contribution in [2.45, 2.75) is 16.2 Å². The number of carbonyl (C=O) groups excluding carboxylic acids is 1. The summed E-state index contributed by atoms with van der Waals surface area (Å²) in [5, 5.41) is 2.59. The molecule has 2 aromatic heterocycles. The minimum Gasteiger partial charge on any atom is -0.284 e. The zero-order chi connectivity index (χ0) is 22.0. The van der Waals surface area contributed by atoms with Crippen LogP contribution in [0.3, 0.4) is 0 Å². The lowest BCUT2D eigenvalue weighted by molar-refractivity contribution is 0.0987. The van der Waals surface area contributed by atoms with E-state index in [1.54, 1.807) is 46.2 Å². The quantitative estimate of drug-likeness (QED) is 0.327. The lowest BCUT2D eigenvalue weighted by Gasteiger charge is -2.20. The molecule has 1 amide bonds. The largest absolute Gasteiger partial charge is 0.284 e. The molecule has 0 atom stereocenters. The summed E-state index contributed by atoms with van der Waals surface area (Å²) in [6.07, 6.45) is 3.90. The van der Waals surface area contributed by atoms with E-state index in [9.17, 15) is 13.2 Å². The Balaban J connectivity index is 1.71. The van der Waals surface area contributed by atoms with Gasteiger partial charge in [-0.1, -0.05) is 17.4 Å². The molecule has 4 aromatic rings. The van der Waals surface area contributed by atoms with Crippen molar-refractivity contribution in [2.75, 3.05) is 24.0 Å². The molecule has 160 valence electrons. The van der Waals surface area contributed by atoms with Crippen molar-refractivity contribution in [1.82, 2.24) is 4.98 Å². The van der Waals surface area contributed by atoms with Crippen LogP contribution >= 0.6 is 34.4 Å². The molecule has 0 fully saturated rings. The zero-order valence-electron chi connectivity index (χ0n) is 16.9. The number of amides is 1. The van der Waals surface area contributed by atoms with E-state index in [-0.39, 0.29) is 10.8 Å². The van der Waals surface area contributed by atoms with Gasteiger partial charge < -0.3 is 0 Å². The predicted molar refractivity (Wildman–Crippen MR) is 131 cm³/mol. The number of sulfone groups is 1. The number of benzene rings is 2. The highest BCUT2D eigenvalue weighted by Crippen LogP contribution is 2.32. The first kappa shape index (κ1) is 22.0. The zero-order valence-corrected chi connectivity index (χ0v) is 20.2. The Kier molecular flexibility index (Phi) is 6.47. The summed E-state index contributed by atoms with van der Waals surface area (Å²) in [5.74, 6) is -0.119. The van der Waals surface area contributed by atoms with Gasteiger partial charge in [-0.2, -0.15) is 0 Å². The first-order valence-corrected chi connectivity index (χ1v) is 14.3. The van der Waals surface area contributed by atoms with E-state index in [2.05, 4.69) is 11.1 Å². The Morgan fingerprint density at radius 3 is 2.55 bits per heavy atom. The van der Waals surface area contributed by atoms with E-state index in [0.717, 1.165) is 16.0 Å². The van der Waals surface area contributed by atoms with Crippen LogP contribution in [0.15, 0.2) is 69.8 Å². The third-order valence-corrected chi connectivity index (χ3v) is 8.58. The van der Waals surface area contributed by atoms with Crippen molar-refractivity contribution in [3.8, 4) is 0 Å². The van der Waals surface area contributed by atoms with Crippen molar-refractivity contribution >= 4 is 65.5 Å². The third kappa shape index (κ3) is 5.01. The highest BCUT2D eigenvalue weighted by molar-refractivity contribution is 7.98. The normalized spacial score (nSPS) is 11.7. The first-order chi connectivity index (χ1) is 14.8. The number of thiophene rings is 1. The molecule has 0 unspecified atom stereocenters. The molecule has 2 heterocycles.